The molecule has 0 unspecified atom stereocenters. The third-order valence-electron chi connectivity index (χ3n) is 4.84. The van der Waals surface area contributed by atoms with Crippen molar-refractivity contribution < 1.29 is 4.79 Å². The fourth-order valence-corrected chi connectivity index (χ4v) is 2.94. The number of hydrogen-bond acceptors (Lipinski definition) is 3. The molecule has 5 heteroatoms. The predicted molar refractivity (Wildman–Crippen MR) is 81.8 cm³/mol. The van der Waals surface area contributed by atoms with E-state index in [9.17, 15) is 4.79 Å². The monoisotopic (exact) mass is 290 g/mol. The zero-order valence-corrected chi connectivity index (χ0v) is 13.0. The molecular weight excluding hydrogens is 264 g/mol. The molecule has 0 bridgehead atoms. The van der Waals surface area contributed by atoms with Crippen molar-refractivity contribution in [1.29, 1.82) is 0 Å². The van der Waals surface area contributed by atoms with E-state index in [1.165, 1.54) is 25.7 Å². The lowest BCUT2D eigenvalue weighted by Gasteiger charge is -2.23. The molecule has 1 heterocycles. The summed E-state index contributed by atoms with van der Waals surface area (Å²) in [7, 11) is 0. The summed E-state index contributed by atoms with van der Waals surface area (Å²) in [6.45, 7) is 4.60. The van der Waals surface area contributed by atoms with Crippen LogP contribution in [-0.4, -0.2) is 34.3 Å². The van der Waals surface area contributed by atoms with E-state index in [1.807, 2.05) is 16.9 Å². The van der Waals surface area contributed by atoms with Gasteiger partial charge >= 0.3 is 0 Å². The van der Waals surface area contributed by atoms with Crippen LogP contribution in [0.4, 0.5) is 0 Å². The molecule has 1 amide bonds. The second-order valence-corrected chi connectivity index (χ2v) is 6.66. The molecule has 5 nitrogen and oxygen atoms in total. The molecule has 0 saturated heterocycles. The van der Waals surface area contributed by atoms with Crippen molar-refractivity contribution in [2.45, 2.75) is 57.7 Å². The molecule has 2 aliphatic carbocycles. The van der Waals surface area contributed by atoms with Crippen LogP contribution in [0.3, 0.4) is 0 Å². The molecule has 2 N–H and O–H groups in total. The molecule has 0 aliphatic heterocycles. The highest BCUT2D eigenvalue weighted by molar-refractivity contribution is 5.78. The first-order valence-corrected chi connectivity index (χ1v) is 8.17. The van der Waals surface area contributed by atoms with Gasteiger partial charge in [-0.15, -0.1) is 0 Å². The quantitative estimate of drug-likeness (QED) is 0.766. The standard InChI is InChI=1S/C16H26N4O/c1-11(12(2)20-9-3-8-18-20)17-10-15(21)19-16(13-4-5-13)14-6-7-14/h3,8-9,11-14,16-17H,4-7,10H2,1-2H3,(H,19,21)/t11-,12-/m1/s1. The van der Waals surface area contributed by atoms with Crippen molar-refractivity contribution in [2.24, 2.45) is 11.8 Å². The Balaban J connectivity index is 1.42. The van der Waals surface area contributed by atoms with Gasteiger partial charge in [-0.2, -0.15) is 5.10 Å². The van der Waals surface area contributed by atoms with Gasteiger partial charge in [-0.1, -0.05) is 0 Å². The second-order valence-electron chi connectivity index (χ2n) is 6.66. The van der Waals surface area contributed by atoms with Crippen LogP contribution in [0.2, 0.25) is 0 Å². The van der Waals surface area contributed by atoms with Crippen LogP contribution in [0, 0.1) is 11.8 Å². The Bertz CT molecular complexity index is 453. The van der Waals surface area contributed by atoms with Crippen LogP contribution >= 0.6 is 0 Å². The van der Waals surface area contributed by atoms with Gasteiger partial charge < -0.3 is 10.6 Å². The first-order chi connectivity index (χ1) is 10.1. The zero-order chi connectivity index (χ0) is 14.8. The molecule has 21 heavy (non-hydrogen) atoms. The van der Waals surface area contributed by atoms with Crippen molar-refractivity contribution in [3.05, 3.63) is 18.5 Å². The molecule has 2 aliphatic rings. The molecule has 1 aromatic heterocycles. The maximum absolute atomic E-state index is 12.1. The van der Waals surface area contributed by atoms with Gasteiger partial charge in [0.2, 0.25) is 5.91 Å². The van der Waals surface area contributed by atoms with Gasteiger partial charge in [-0.05, 0) is 57.4 Å². The summed E-state index contributed by atoms with van der Waals surface area (Å²) in [6, 6.07) is 2.80. The fourth-order valence-electron chi connectivity index (χ4n) is 2.94. The van der Waals surface area contributed by atoms with Gasteiger partial charge in [0.1, 0.15) is 0 Å². The van der Waals surface area contributed by atoms with E-state index in [0.29, 0.717) is 12.6 Å². The van der Waals surface area contributed by atoms with Crippen molar-refractivity contribution in [2.75, 3.05) is 6.54 Å². The number of rotatable bonds is 8. The highest BCUT2D eigenvalue weighted by Crippen LogP contribution is 2.44. The number of carbonyl (C=O) groups is 1. The largest absolute Gasteiger partial charge is 0.352 e. The first kappa shape index (κ1) is 14.6. The summed E-state index contributed by atoms with van der Waals surface area (Å²) >= 11 is 0. The van der Waals surface area contributed by atoms with Gasteiger partial charge in [0.15, 0.2) is 0 Å². The van der Waals surface area contributed by atoms with Crippen molar-refractivity contribution in [1.82, 2.24) is 20.4 Å². The third kappa shape index (κ3) is 3.84. The minimum Gasteiger partial charge on any atom is -0.352 e. The second kappa shape index (κ2) is 6.18. The molecule has 0 spiro atoms. The number of nitrogens with zero attached hydrogens (tertiary/aromatic N) is 2. The van der Waals surface area contributed by atoms with Crippen LogP contribution in [0.15, 0.2) is 18.5 Å². The summed E-state index contributed by atoms with van der Waals surface area (Å²) in [5, 5.41) is 10.8. The van der Waals surface area contributed by atoms with Gasteiger partial charge in [0.05, 0.1) is 12.6 Å². The van der Waals surface area contributed by atoms with Gasteiger partial charge in [0, 0.05) is 24.5 Å². The molecule has 2 fully saturated rings. The smallest absolute Gasteiger partial charge is 0.234 e. The first-order valence-electron chi connectivity index (χ1n) is 8.17. The normalized spacial score (nSPS) is 21.3. The average molecular weight is 290 g/mol. The Hall–Kier alpha value is -1.36. The maximum Gasteiger partial charge on any atom is 0.234 e. The molecule has 116 valence electrons. The highest BCUT2D eigenvalue weighted by Gasteiger charge is 2.42. The average Bonchev–Trinajstić information content (AvgIpc) is 3.41. The van der Waals surface area contributed by atoms with E-state index in [4.69, 9.17) is 0 Å². The van der Waals surface area contributed by atoms with E-state index >= 15 is 0 Å². The minimum absolute atomic E-state index is 0.137. The summed E-state index contributed by atoms with van der Waals surface area (Å²) in [6.07, 6.45) is 8.91. The predicted octanol–water partition coefficient (Wildman–Crippen LogP) is 1.73. The Morgan fingerprint density at radius 3 is 2.48 bits per heavy atom. The van der Waals surface area contributed by atoms with E-state index in [-0.39, 0.29) is 18.0 Å². The SMILES string of the molecule is C[C@H]([C@@H](C)NCC(=O)NC(C1CC1)C1CC1)n1cccn1. The van der Waals surface area contributed by atoms with E-state index in [2.05, 4.69) is 29.6 Å². The van der Waals surface area contributed by atoms with Crippen molar-refractivity contribution >= 4 is 5.91 Å². The summed E-state index contributed by atoms with van der Waals surface area (Å²) < 4.78 is 1.92. The van der Waals surface area contributed by atoms with E-state index < -0.39 is 0 Å². The van der Waals surface area contributed by atoms with Crippen LogP contribution in [-0.2, 0) is 4.79 Å². The lowest BCUT2D eigenvalue weighted by Crippen LogP contribution is -2.45. The Kier molecular flexibility index (Phi) is 4.29. The Morgan fingerprint density at radius 1 is 1.29 bits per heavy atom. The number of aromatic nitrogens is 2. The molecular formula is C16H26N4O. The molecule has 3 rings (SSSR count). The Labute approximate surface area is 126 Å². The molecule has 2 saturated carbocycles. The van der Waals surface area contributed by atoms with Crippen LogP contribution in [0.25, 0.3) is 0 Å². The van der Waals surface area contributed by atoms with Crippen molar-refractivity contribution in [3.63, 3.8) is 0 Å². The lowest BCUT2D eigenvalue weighted by molar-refractivity contribution is -0.121. The van der Waals surface area contributed by atoms with Crippen LogP contribution in [0.5, 0.6) is 0 Å². The van der Waals surface area contributed by atoms with Gasteiger partial charge in [-0.25, -0.2) is 0 Å². The van der Waals surface area contributed by atoms with E-state index in [0.717, 1.165) is 11.8 Å². The highest BCUT2D eigenvalue weighted by atomic mass is 16.2. The summed E-state index contributed by atoms with van der Waals surface area (Å²) in [4.78, 5) is 12.1. The number of carbonyl (C=O) groups excluding carboxylic acids is 1. The molecule has 2 atom stereocenters. The number of nitrogens with one attached hydrogen (secondary N) is 2. The fraction of sp³-hybridized carbons (Fsp3) is 0.750. The van der Waals surface area contributed by atoms with Crippen LogP contribution < -0.4 is 10.6 Å². The minimum atomic E-state index is 0.137. The molecule has 0 aromatic carbocycles. The van der Waals surface area contributed by atoms with Gasteiger partial charge in [0.25, 0.3) is 0 Å². The lowest BCUT2D eigenvalue weighted by atomic mass is 10.1. The summed E-state index contributed by atoms with van der Waals surface area (Å²) in [5.41, 5.74) is 0. The van der Waals surface area contributed by atoms with Gasteiger partial charge in [-0.3, -0.25) is 9.48 Å². The maximum atomic E-state index is 12.1. The Morgan fingerprint density at radius 2 is 1.95 bits per heavy atom. The zero-order valence-electron chi connectivity index (χ0n) is 13.0. The number of amides is 1. The van der Waals surface area contributed by atoms with Crippen LogP contribution in [0.1, 0.15) is 45.6 Å². The third-order valence-corrected chi connectivity index (χ3v) is 4.84. The van der Waals surface area contributed by atoms with Crippen molar-refractivity contribution in [3.8, 4) is 0 Å². The topological polar surface area (TPSA) is 59.0 Å². The molecule has 0 radical (unpaired) electrons. The van der Waals surface area contributed by atoms with E-state index in [1.54, 1.807) is 6.20 Å². The number of hydrogen-bond donors (Lipinski definition) is 2. The molecule has 1 aromatic rings. The summed E-state index contributed by atoms with van der Waals surface area (Å²) in [5.74, 6) is 1.64.